The molecule has 128 valence electrons. The van der Waals surface area contributed by atoms with Crippen molar-refractivity contribution in [2.45, 2.75) is 36.2 Å². The zero-order chi connectivity index (χ0) is 17.7. The molecule has 24 heavy (non-hydrogen) atoms. The third-order valence-corrected chi connectivity index (χ3v) is 4.63. The number of carbonyl (C=O) groups excluding carboxylic acids is 1. The second kappa shape index (κ2) is 7.75. The Bertz CT molecular complexity index is 671. The molecule has 0 spiro atoms. The predicted octanol–water partition coefficient (Wildman–Crippen LogP) is 5.06. The lowest BCUT2D eigenvalue weighted by Gasteiger charge is -2.18. The van der Waals surface area contributed by atoms with E-state index in [0.29, 0.717) is 5.56 Å². The molecule has 0 saturated carbocycles. The van der Waals surface area contributed by atoms with Crippen LogP contribution in [0.3, 0.4) is 0 Å². The van der Waals surface area contributed by atoms with Gasteiger partial charge in [-0.05, 0) is 43.7 Å². The summed E-state index contributed by atoms with van der Waals surface area (Å²) in [4.78, 5) is 13.2. The van der Waals surface area contributed by atoms with Gasteiger partial charge >= 0.3 is 6.18 Å². The predicted molar refractivity (Wildman–Crippen MR) is 89.8 cm³/mol. The van der Waals surface area contributed by atoms with Crippen molar-refractivity contribution in [1.82, 2.24) is 5.32 Å². The lowest BCUT2D eigenvalue weighted by Crippen LogP contribution is -2.33. The SMILES string of the molecule is CC(Sc1ccccc1)C(=O)NC(C)c1ccc(C(F)(F)F)cc1. The second-order valence-corrected chi connectivity index (χ2v) is 6.84. The highest BCUT2D eigenvalue weighted by molar-refractivity contribution is 8.00. The van der Waals surface area contributed by atoms with Gasteiger partial charge in [-0.1, -0.05) is 30.3 Å². The number of benzene rings is 2. The first-order valence-electron chi connectivity index (χ1n) is 7.46. The van der Waals surface area contributed by atoms with Crippen LogP contribution in [-0.2, 0) is 11.0 Å². The van der Waals surface area contributed by atoms with Crippen LogP contribution in [0.1, 0.15) is 31.0 Å². The van der Waals surface area contributed by atoms with Crippen LogP contribution in [0.25, 0.3) is 0 Å². The quantitative estimate of drug-likeness (QED) is 0.761. The van der Waals surface area contributed by atoms with Crippen LogP contribution in [0, 0.1) is 0 Å². The molecule has 0 aliphatic heterocycles. The summed E-state index contributed by atoms with van der Waals surface area (Å²) >= 11 is 1.43. The second-order valence-electron chi connectivity index (χ2n) is 5.42. The van der Waals surface area contributed by atoms with Crippen molar-refractivity contribution < 1.29 is 18.0 Å². The minimum atomic E-state index is -4.36. The molecule has 2 aromatic carbocycles. The molecule has 0 aliphatic rings. The van der Waals surface area contributed by atoms with Crippen LogP contribution in [0.4, 0.5) is 13.2 Å². The van der Waals surface area contributed by atoms with E-state index < -0.39 is 11.7 Å². The number of hydrogen-bond donors (Lipinski definition) is 1. The van der Waals surface area contributed by atoms with Gasteiger partial charge < -0.3 is 5.32 Å². The van der Waals surface area contributed by atoms with Gasteiger partial charge in [0.05, 0.1) is 16.9 Å². The van der Waals surface area contributed by atoms with E-state index in [1.165, 1.54) is 23.9 Å². The lowest BCUT2D eigenvalue weighted by atomic mass is 10.1. The van der Waals surface area contributed by atoms with Gasteiger partial charge in [-0.15, -0.1) is 11.8 Å². The molecule has 0 heterocycles. The van der Waals surface area contributed by atoms with E-state index in [9.17, 15) is 18.0 Å². The molecule has 1 N–H and O–H groups in total. The molecule has 2 unspecified atom stereocenters. The fraction of sp³-hybridized carbons (Fsp3) is 0.278. The third-order valence-electron chi connectivity index (χ3n) is 3.52. The van der Waals surface area contributed by atoms with Crippen LogP contribution < -0.4 is 5.32 Å². The molecular weight excluding hydrogens is 335 g/mol. The van der Waals surface area contributed by atoms with Crippen molar-refractivity contribution in [2.24, 2.45) is 0 Å². The Morgan fingerprint density at radius 1 is 1.00 bits per heavy atom. The normalized spacial score (nSPS) is 14.0. The van der Waals surface area contributed by atoms with Crippen molar-refractivity contribution in [2.75, 3.05) is 0 Å². The summed E-state index contributed by atoms with van der Waals surface area (Å²) in [6, 6.07) is 14.0. The van der Waals surface area contributed by atoms with Gasteiger partial charge in [0.1, 0.15) is 0 Å². The van der Waals surface area contributed by atoms with Gasteiger partial charge in [0.15, 0.2) is 0 Å². The molecule has 1 amide bonds. The Kier molecular flexibility index (Phi) is 5.94. The summed E-state index contributed by atoms with van der Waals surface area (Å²) in [6.07, 6.45) is -4.36. The van der Waals surface area contributed by atoms with Crippen LogP contribution >= 0.6 is 11.8 Å². The maximum absolute atomic E-state index is 12.6. The lowest BCUT2D eigenvalue weighted by molar-refractivity contribution is -0.137. The van der Waals surface area contributed by atoms with Gasteiger partial charge in [0.2, 0.25) is 5.91 Å². The first-order chi connectivity index (χ1) is 11.3. The average molecular weight is 353 g/mol. The fourth-order valence-electron chi connectivity index (χ4n) is 2.13. The Hall–Kier alpha value is -1.95. The van der Waals surface area contributed by atoms with Crippen molar-refractivity contribution in [3.05, 3.63) is 65.7 Å². The Balaban J connectivity index is 1.95. The van der Waals surface area contributed by atoms with E-state index >= 15 is 0 Å². The van der Waals surface area contributed by atoms with E-state index in [1.54, 1.807) is 13.8 Å². The summed E-state index contributed by atoms with van der Waals surface area (Å²) in [7, 11) is 0. The minimum Gasteiger partial charge on any atom is -0.349 e. The molecule has 2 aromatic rings. The highest BCUT2D eigenvalue weighted by Gasteiger charge is 2.30. The number of nitrogens with one attached hydrogen (secondary N) is 1. The van der Waals surface area contributed by atoms with E-state index in [2.05, 4.69) is 5.32 Å². The number of carbonyl (C=O) groups is 1. The smallest absolute Gasteiger partial charge is 0.349 e. The largest absolute Gasteiger partial charge is 0.416 e. The highest BCUT2D eigenvalue weighted by Crippen LogP contribution is 2.30. The summed E-state index contributed by atoms with van der Waals surface area (Å²) in [5.41, 5.74) is -0.0639. The summed E-state index contributed by atoms with van der Waals surface area (Å²) in [6.45, 7) is 3.55. The molecule has 0 aliphatic carbocycles. The maximum atomic E-state index is 12.6. The van der Waals surface area contributed by atoms with Gasteiger partial charge in [-0.25, -0.2) is 0 Å². The Morgan fingerprint density at radius 2 is 1.58 bits per heavy atom. The molecule has 0 saturated heterocycles. The van der Waals surface area contributed by atoms with E-state index in [0.717, 1.165) is 17.0 Å². The van der Waals surface area contributed by atoms with Crippen molar-refractivity contribution in [3.8, 4) is 0 Å². The third kappa shape index (κ3) is 5.03. The van der Waals surface area contributed by atoms with Crippen LogP contribution in [0.2, 0.25) is 0 Å². The summed E-state index contributed by atoms with van der Waals surface area (Å²) in [5.74, 6) is -0.156. The molecule has 6 heteroatoms. The summed E-state index contributed by atoms with van der Waals surface area (Å²) in [5, 5.41) is 2.53. The molecule has 2 rings (SSSR count). The minimum absolute atomic E-state index is 0.156. The van der Waals surface area contributed by atoms with E-state index in [1.807, 2.05) is 30.3 Å². The van der Waals surface area contributed by atoms with Crippen molar-refractivity contribution in [1.29, 1.82) is 0 Å². The van der Waals surface area contributed by atoms with Gasteiger partial charge in [0.25, 0.3) is 0 Å². The van der Waals surface area contributed by atoms with Crippen LogP contribution in [-0.4, -0.2) is 11.2 Å². The topological polar surface area (TPSA) is 29.1 Å². The summed E-state index contributed by atoms with van der Waals surface area (Å²) < 4.78 is 37.7. The van der Waals surface area contributed by atoms with Crippen LogP contribution in [0.5, 0.6) is 0 Å². The molecule has 0 radical (unpaired) electrons. The molecule has 2 nitrogen and oxygen atoms in total. The molecule has 0 fully saturated rings. The Labute approximate surface area is 143 Å². The molecule has 0 bridgehead atoms. The zero-order valence-corrected chi connectivity index (χ0v) is 14.1. The number of rotatable bonds is 5. The maximum Gasteiger partial charge on any atom is 0.416 e. The number of amides is 1. The van der Waals surface area contributed by atoms with E-state index in [4.69, 9.17) is 0 Å². The zero-order valence-electron chi connectivity index (χ0n) is 13.3. The van der Waals surface area contributed by atoms with Crippen LogP contribution in [0.15, 0.2) is 59.5 Å². The first kappa shape index (κ1) is 18.4. The Morgan fingerprint density at radius 3 is 2.12 bits per heavy atom. The number of halogens is 3. The van der Waals surface area contributed by atoms with Gasteiger partial charge in [0, 0.05) is 4.90 Å². The molecule has 2 atom stereocenters. The molecule has 0 aromatic heterocycles. The van der Waals surface area contributed by atoms with Gasteiger partial charge in [-0.3, -0.25) is 4.79 Å². The van der Waals surface area contributed by atoms with E-state index in [-0.39, 0.29) is 17.2 Å². The number of alkyl halides is 3. The molecular formula is C18H18F3NOS. The average Bonchev–Trinajstić information content (AvgIpc) is 2.55. The monoisotopic (exact) mass is 353 g/mol. The fourth-order valence-corrected chi connectivity index (χ4v) is 3.03. The van der Waals surface area contributed by atoms with Gasteiger partial charge in [-0.2, -0.15) is 13.2 Å². The number of thioether (sulfide) groups is 1. The van der Waals surface area contributed by atoms with Crippen molar-refractivity contribution >= 4 is 17.7 Å². The van der Waals surface area contributed by atoms with Crippen molar-refractivity contribution in [3.63, 3.8) is 0 Å². The standard InChI is InChI=1S/C18H18F3NOS/c1-12(14-8-10-15(11-9-14)18(19,20)21)22-17(23)13(2)24-16-6-4-3-5-7-16/h3-13H,1-2H3,(H,22,23). The first-order valence-corrected chi connectivity index (χ1v) is 8.34. The highest BCUT2D eigenvalue weighted by atomic mass is 32.2. The number of hydrogen-bond acceptors (Lipinski definition) is 2.